The summed E-state index contributed by atoms with van der Waals surface area (Å²) in [5, 5.41) is 4.17. The molecule has 130 valence electrons. The van der Waals surface area contributed by atoms with Crippen LogP contribution in [0.4, 0.5) is 0 Å². The molecular formula is C20H23N3O2. The molecule has 3 rings (SSSR count). The van der Waals surface area contributed by atoms with Crippen LogP contribution in [0.3, 0.4) is 0 Å². The van der Waals surface area contributed by atoms with Gasteiger partial charge >= 0.3 is 0 Å². The van der Waals surface area contributed by atoms with Gasteiger partial charge < -0.3 is 14.6 Å². The molecule has 3 aromatic rings. The Bertz CT molecular complexity index is 827. The number of aromatic nitrogens is 2. The maximum Gasteiger partial charge on any atom is 0.220 e. The van der Waals surface area contributed by atoms with Gasteiger partial charge in [-0.05, 0) is 35.7 Å². The molecule has 0 bridgehead atoms. The lowest BCUT2D eigenvalue weighted by molar-refractivity contribution is -0.121. The Balaban J connectivity index is 1.61. The number of rotatable bonds is 8. The zero-order valence-electron chi connectivity index (χ0n) is 14.4. The zero-order valence-corrected chi connectivity index (χ0v) is 14.4. The van der Waals surface area contributed by atoms with E-state index in [1.165, 1.54) is 16.5 Å². The monoisotopic (exact) mass is 337 g/mol. The van der Waals surface area contributed by atoms with Gasteiger partial charge in [0, 0.05) is 56.1 Å². The molecule has 1 amide bonds. The highest BCUT2D eigenvalue weighted by Crippen LogP contribution is 2.22. The number of ether oxygens (including phenoxy) is 1. The van der Waals surface area contributed by atoms with E-state index in [2.05, 4.69) is 33.2 Å². The molecule has 0 spiro atoms. The lowest BCUT2D eigenvalue weighted by Gasteiger charge is -2.05. The van der Waals surface area contributed by atoms with Crippen molar-refractivity contribution in [2.75, 3.05) is 13.7 Å². The molecule has 0 aliphatic rings. The predicted molar refractivity (Wildman–Crippen MR) is 98.2 cm³/mol. The molecule has 5 nitrogen and oxygen atoms in total. The van der Waals surface area contributed by atoms with Gasteiger partial charge in [0.1, 0.15) is 0 Å². The van der Waals surface area contributed by atoms with Gasteiger partial charge in [0.15, 0.2) is 0 Å². The molecule has 5 heteroatoms. The maximum absolute atomic E-state index is 12.2. The summed E-state index contributed by atoms with van der Waals surface area (Å²) in [5.41, 5.74) is 3.44. The summed E-state index contributed by atoms with van der Waals surface area (Å²) < 4.78 is 7.38. The molecule has 0 aliphatic carbocycles. The number of nitrogens with one attached hydrogen (secondary N) is 1. The number of amides is 1. The van der Waals surface area contributed by atoms with Crippen LogP contribution in [0.1, 0.15) is 17.5 Å². The third-order valence-electron chi connectivity index (χ3n) is 4.27. The highest BCUT2D eigenvalue weighted by molar-refractivity contribution is 5.85. The van der Waals surface area contributed by atoms with Crippen LogP contribution in [0.2, 0.25) is 0 Å². The summed E-state index contributed by atoms with van der Waals surface area (Å²) in [6, 6.07) is 12.1. The summed E-state index contributed by atoms with van der Waals surface area (Å²) >= 11 is 0. The molecule has 0 unspecified atom stereocenters. The maximum atomic E-state index is 12.2. The van der Waals surface area contributed by atoms with Crippen molar-refractivity contribution in [3.05, 3.63) is 66.1 Å². The number of pyridine rings is 1. The first kappa shape index (κ1) is 17.2. The van der Waals surface area contributed by atoms with Crippen LogP contribution < -0.4 is 5.32 Å². The molecule has 25 heavy (non-hydrogen) atoms. The molecular weight excluding hydrogens is 314 g/mol. The second kappa shape index (κ2) is 8.44. The number of hydrogen-bond acceptors (Lipinski definition) is 3. The third-order valence-corrected chi connectivity index (χ3v) is 4.27. The normalized spacial score (nSPS) is 10.9. The molecule has 0 radical (unpaired) electrons. The van der Waals surface area contributed by atoms with E-state index in [9.17, 15) is 4.79 Å². The number of fused-ring (bicyclic) bond motifs is 1. The number of hydrogen-bond donors (Lipinski definition) is 1. The van der Waals surface area contributed by atoms with Crippen LogP contribution >= 0.6 is 0 Å². The zero-order chi connectivity index (χ0) is 17.5. The van der Waals surface area contributed by atoms with Crippen molar-refractivity contribution in [1.82, 2.24) is 14.9 Å². The van der Waals surface area contributed by atoms with E-state index in [1.54, 1.807) is 19.5 Å². The van der Waals surface area contributed by atoms with E-state index in [4.69, 9.17) is 4.74 Å². The van der Waals surface area contributed by atoms with Crippen LogP contribution in [-0.2, 0) is 29.0 Å². The van der Waals surface area contributed by atoms with Crippen LogP contribution in [0, 0.1) is 0 Å². The number of benzene rings is 1. The van der Waals surface area contributed by atoms with Gasteiger partial charge in [-0.2, -0.15) is 0 Å². The fourth-order valence-corrected chi connectivity index (χ4v) is 2.93. The Hall–Kier alpha value is -2.66. The Morgan fingerprint density at radius 2 is 2.00 bits per heavy atom. The number of aryl methyl sites for hydroxylation is 1. The van der Waals surface area contributed by atoms with Crippen molar-refractivity contribution in [2.45, 2.75) is 25.9 Å². The highest BCUT2D eigenvalue weighted by Gasteiger charge is 2.10. The Morgan fingerprint density at radius 1 is 1.20 bits per heavy atom. The summed E-state index contributed by atoms with van der Waals surface area (Å²) in [6.45, 7) is 2.02. The Kier molecular flexibility index (Phi) is 5.80. The van der Waals surface area contributed by atoms with Gasteiger partial charge in [0.05, 0.1) is 6.61 Å². The Labute approximate surface area is 147 Å². The minimum absolute atomic E-state index is 0.0607. The first-order valence-corrected chi connectivity index (χ1v) is 8.49. The molecule has 0 aliphatic heterocycles. The highest BCUT2D eigenvalue weighted by atomic mass is 16.5. The minimum Gasteiger partial charge on any atom is -0.383 e. The molecule has 2 heterocycles. The molecule has 0 saturated carbocycles. The van der Waals surface area contributed by atoms with Crippen molar-refractivity contribution in [2.24, 2.45) is 0 Å². The fraction of sp³-hybridized carbons (Fsp3) is 0.300. The van der Waals surface area contributed by atoms with Crippen molar-refractivity contribution >= 4 is 16.8 Å². The second-order valence-electron chi connectivity index (χ2n) is 5.99. The lowest BCUT2D eigenvalue weighted by Crippen LogP contribution is -2.22. The van der Waals surface area contributed by atoms with Crippen LogP contribution in [0.25, 0.3) is 10.9 Å². The fourth-order valence-electron chi connectivity index (χ4n) is 2.93. The number of methoxy groups -OCH3 is 1. The molecule has 1 N–H and O–H groups in total. The summed E-state index contributed by atoms with van der Waals surface area (Å²) in [5.74, 6) is 0.0607. The average Bonchev–Trinajstić information content (AvgIpc) is 3.02. The molecule has 0 atom stereocenters. The van der Waals surface area contributed by atoms with E-state index in [1.807, 2.05) is 24.3 Å². The van der Waals surface area contributed by atoms with Gasteiger partial charge in [-0.3, -0.25) is 9.78 Å². The number of para-hydroxylation sites is 1. The van der Waals surface area contributed by atoms with Gasteiger partial charge in [0.2, 0.25) is 5.91 Å². The van der Waals surface area contributed by atoms with Gasteiger partial charge in [-0.25, -0.2) is 0 Å². The van der Waals surface area contributed by atoms with Crippen molar-refractivity contribution in [1.29, 1.82) is 0 Å². The first-order valence-electron chi connectivity index (χ1n) is 8.49. The van der Waals surface area contributed by atoms with Gasteiger partial charge in [-0.15, -0.1) is 0 Å². The number of carbonyl (C=O) groups excluding carboxylic acids is 1. The predicted octanol–water partition coefficient (Wildman–Crippen LogP) is 2.93. The summed E-state index contributed by atoms with van der Waals surface area (Å²) in [7, 11) is 1.71. The smallest absolute Gasteiger partial charge is 0.220 e. The quantitative estimate of drug-likeness (QED) is 0.687. The van der Waals surface area contributed by atoms with Crippen molar-refractivity contribution < 1.29 is 9.53 Å². The summed E-state index contributed by atoms with van der Waals surface area (Å²) in [4.78, 5) is 16.1. The Morgan fingerprint density at radius 3 is 2.80 bits per heavy atom. The SMILES string of the molecule is COCCn1cc(CCC(=O)NCc2ccncc2)c2ccccc21. The van der Waals surface area contributed by atoms with E-state index >= 15 is 0 Å². The number of nitrogens with zero attached hydrogens (tertiary/aromatic N) is 2. The van der Waals surface area contributed by atoms with E-state index in [-0.39, 0.29) is 5.91 Å². The molecule has 2 aromatic heterocycles. The van der Waals surface area contributed by atoms with Crippen LogP contribution in [-0.4, -0.2) is 29.2 Å². The third kappa shape index (κ3) is 4.45. The standard InChI is InChI=1S/C20H23N3O2/c1-25-13-12-23-15-17(18-4-2-3-5-19(18)23)6-7-20(24)22-14-16-8-10-21-11-9-16/h2-5,8-11,15H,6-7,12-14H2,1H3,(H,22,24). The van der Waals surface area contributed by atoms with Gasteiger partial charge in [0.25, 0.3) is 0 Å². The summed E-state index contributed by atoms with van der Waals surface area (Å²) in [6.07, 6.45) is 6.80. The average molecular weight is 337 g/mol. The minimum atomic E-state index is 0.0607. The van der Waals surface area contributed by atoms with Gasteiger partial charge in [-0.1, -0.05) is 18.2 Å². The molecule has 0 saturated heterocycles. The van der Waals surface area contributed by atoms with E-state index in [0.717, 1.165) is 18.5 Å². The molecule has 1 aromatic carbocycles. The lowest BCUT2D eigenvalue weighted by atomic mass is 10.1. The van der Waals surface area contributed by atoms with E-state index in [0.29, 0.717) is 19.6 Å². The number of carbonyl (C=O) groups is 1. The first-order chi connectivity index (χ1) is 12.3. The van der Waals surface area contributed by atoms with Crippen molar-refractivity contribution in [3.8, 4) is 0 Å². The topological polar surface area (TPSA) is 56.1 Å². The van der Waals surface area contributed by atoms with Crippen molar-refractivity contribution in [3.63, 3.8) is 0 Å². The van der Waals surface area contributed by atoms with Crippen LogP contribution in [0.15, 0.2) is 55.0 Å². The van der Waals surface area contributed by atoms with E-state index < -0.39 is 0 Å². The largest absolute Gasteiger partial charge is 0.383 e. The second-order valence-corrected chi connectivity index (χ2v) is 5.99. The van der Waals surface area contributed by atoms with Crippen LogP contribution in [0.5, 0.6) is 0 Å². The molecule has 0 fully saturated rings.